The van der Waals surface area contributed by atoms with Gasteiger partial charge in [-0.2, -0.15) is 0 Å². The highest BCUT2D eigenvalue weighted by Crippen LogP contribution is 2.21. The van der Waals surface area contributed by atoms with Gasteiger partial charge in [-0.3, -0.25) is 10.1 Å². The van der Waals surface area contributed by atoms with Gasteiger partial charge in [0.25, 0.3) is 5.69 Å². The van der Waals surface area contributed by atoms with E-state index < -0.39 is 4.92 Å². The molecule has 0 aliphatic rings. The molecule has 5 heteroatoms. The van der Waals surface area contributed by atoms with E-state index in [0.717, 1.165) is 49.2 Å². The van der Waals surface area contributed by atoms with Gasteiger partial charge >= 0.3 is 0 Å². The Morgan fingerprint density at radius 3 is 2.29 bits per heavy atom. The Morgan fingerprint density at radius 1 is 0.964 bits per heavy atom. The fourth-order valence-corrected chi connectivity index (χ4v) is 2.66. The van der Waals surface area contributed by atoms with Gasteiger partial charge in [-0.25, -0.2) is 0 Å². The Labute approximate surface area is 166 Å². The van der Waals surface area contributed by atoms with E-state index in [-0.39, 0.29) is 5.69 Å². The van der Waals surface area contributed by atoms with Crippen molar-refractivity contribution in [3.8, 4) is 0 Å². The summed E-state index contributed by atoms with van der Waals surface area (Å²) < 4.78 is 11.4. The molecule has 0 aliphatic carbocycles. The van der Waals surface area contributed by atoms with Crippen molar-refractivity contribution in [2.24, 2.45) is 0 Å². The molecule has 0 saturated heterocycles. The smallest absolute Gasteiger partial charge is 0.269 e. The Hall–Kier alpha value is -2.92. The van der Waals surface area contributed by atoms with Crippen LogP contribution in [0, 0.1) is 10.1 Å². The number of rotatable bonds is 13. The maximum absolute atomic E-state index is 10.8. The summed E-state index contributed by atoms with van der Waals surface area (Å²) in [7, 11) is 0. The van der Waals surface area contributed by atoms with Crippen molar-refractivity contribution in [2.75, 3.05) is 19.8 Å². The van der Waals surface area contributed by atoms with Crippen LogP contribution in [0.15, 0.2) is 67.3 Å². The summed E-state index contributed by atoms with van der Waals surface area (Å²) in [5, 5.41) is 10.8. The number of nitro benzene ring substituents is 1. The Bertz CT molecular complexity index is 754. The maximum atomic E-state index is 10.8. The van der Waals surface area contributed by atoms with E-state index in [1.165, 1.54) is 12.1 Å². The highest BCUT2D eigenvalue weighted by molar-refractivity contribution is 5.77. The third kappa shape index (κ3) is 7.76. The van der Waals surface area contributed by atoms with Crippen molar-refractivity contribution in [2.45, 2.75) is 25.7 Å². The van der Waals surface area contributed by atoms with Crippen LogP contribution >= 0.6 is 0 Å². The molecular weight excluding hydrogens is 354 g/mol. The van der Waals surface area contributed by atoms with Crippen molar-refractivity contribution in [1.29, 1.82) is 0 Å². The van der Waals surface area contributed by atoms with Gasteiger partial charge in [0.2, 0.25) is 0 Å². The number of nitro groups is 1. The minimum Gasteiger partial charge on any atom is -0.493 e. The molecule has 0 amide bonds. The molecule has 0 heterocycles. The zero-order chi connectivity index (χ0) is 20.0. The molecule has 148 valence electrons. The lowest BCUT2D eigenvalue weighted by atomic mass is 10.1. The van der Waals surface area contributed by atoms with E-state index in [4.69, 9.17) is 9.47 Å². The summed E-state index contributed by atoms with van der Waals surface area (Å²) in [4.78, 5) is 10.4. The van der Waals surface area contributed by atoms with Gasteiger partial charge in [0.1, 0.15) is 5.76 Å². The first-order valence-corrected chi connectivity index (χ1v) is 9.53. The number of hydrogen-bond acceptors (Lipinski definition) is 4. The summed E-state index contributed by atoms with van der Waals surface area (Å²) in [6, 6.07) is 16.3. The van der Waals surface area contributed by atoms with E-state index in [2.05, 4.69) is 6.58 Å². The topological polar surface area (TPSA) is 61.6 Å². The lowest BCUT2D eigenvalue weighted by Crippen LogP contribution is -1.97. The number of benzene rings is 2. The molecule has 2 aromatic rings. The van der Waals surface area contributed by atoms with Crippen LogP contribution in [-0.2, 0) is 9.47 Å². The number of ether oxygens (including phenoxy) is 2. The van der Waals surface area contributed by atoms with Crippen LogP contribution in [-0.4, -0.2) is 24.7 Å². The minimum atomic E-state index is -0.398. The first kappa shape index (κ1) is 21.4. The van der Waals surface area contributed by atoms with Crippen molar-refractivity contribution in [3.05, 3.63) is 88.5 Å². The van der Waals surface area contributed by atoms with Crippen molar-refractivity contribution in [3.63, 3.8) is 0 Å². The maximum Gasteiger partial charge on any atom is 0.269 e. The summed E-state index contributed by atoms with van der Waals surface area (Å²) in [6.45, 7) is 5.63. The minimum absolute atomic E-state index is 0.0800. The van der Waals surface area contributed by atoms with Crippen LogP contribution in [0.3, 0.4) is 0 Å². The Morgan fingerprint density at radius 2 is 1.64 bits per heavy atom. The lowest BCUT2D eigenvalue weighted by Gasteiger charge is -2.11. The average Bonchev–Trinajstić information content (AvgIpc) is 2.72. The van der Waals surface area contributed by atoms with Gasteiger partial charge in [-0.1, -0.05) is 42.8 Å². The second-order valence-electron chi connectivity index (χ2n) is 6.35. The fourth-order valence-electron chi connectivity index (χ4n) is 2.66. The number of unbranched alkanes of at least 4 members (excludes halogenated alkanes) is 3. The SMILES string of the molecule is C=CCOCCCCCCOC(=Cc1ccc([N+](=O)[O-])cc1)c1ccccc1. The Balaban J connectivity index is 1.90. The molecule has 0 unspecified atom stereocenters. The van der Waals surface area contributed by atoms with Gasteiger partial charge in [0, 0.05) is 24.3 Å². The molecule has 0 saturated carbocycles. The molecular formula is C23H27NO4. The molecule has 28 heavy (non-hydrogen) atoms. The van der Waals surface area contributed by atoms with Crippen LogP contribution in [0.4, 0.5) is 5.69 Å². The van der Waals surface area contributed by atoms with E-state index in [9.17, 15) is 10.1 Å². The summed E-state index contributed by atoms with van der Waals surface area (Å²) >= 11 is 0. The number of hydrogen-bond donors (Lipinski definition) is 0. The van der Waals surface area contributed by atoms with Gasteiger partial charge in [-0.05, 0) is 43.0 Å². The van der Waals surface area contributed by atoms with Gasteiger partial charge < -0.3 is 9.47 Å². The molecule has 0 spiro atoms. The molecule has 5 nitrogen and oxygen atoms in total. The van der Waals surface area contributed by atoms with E-state index in [1.54, 1.807) is 18.2 Å². The lowest BCUT2D eigenvalue weighted by molar-refractivity contribution is -0.384. The molecule has 0 aromatic heterocycles. The zero-order valence-corrected chi connectivity index (χ0v) is 16.1. The summed E-state index contributed by atoms with van der Waals surface area (Å²) in [5.41, 5.74) is 1.93. The molecule has 0 atom stereocenters. The molecule has 2 aromatic carbocycles. The second kappa shape index (κ2) is 12.5. The number of non-ortho nitro benzene ring substituents is 1. The van der Waals surface area contributed by atoms with Crippen LogP contribution < -0.4 is 0 Å². The summed E-state index contributed by atoms with van der Waals surface area (Å²) in [5.74, 6) is 0.767. The molecule has 0 aliphatic heterocycles. The van der Waals surface area contributed by atoms with Crippen molar-refractivity contribution in [1.82, 2.24) is 0 Å². The third-order valence-corrected chi connectivity index (χ3v) is 4.14. The average molecular weight is 381 g/mol. The third-order valence-electron chi connectivity index (χ3n) is 4.14. The number of nitrogens with zero attached hydrogens (tertiary/aromatic N) is 1. The van der Waals surface area contributed by atoms with Crippen molar-refractivity contribution >= 4 is 17.5 Å². The van der Waals surface area contributed by atoms with Gasteiger partial charge in [0.15, 0.2) is 0 Å². The second-order valence-corrected chi connectivity index (χ2v) is 6.35. The quantitative estimate of drug-likeness (QED) is 0.109. The largest absolute Gasteiger partial charge is 0.493 e. The van der Waals surface area contributed by atoms with E-state index >= 15 is 0 Å². The predicted octanol–water partition coefficient (Wildman–Crippen LogP) is 5.87. The first-order valence-electron chi connectivity index (χ1n) is 9.53. The van der Waals surface area contributed by atoms with Crippen LogP contribution in [0.1, 0.15) is 36.8 Å². The van der Waals surface area contributed by atoms with E-state index in [1.807, 2.05) is 36.4 Å². The van der Waals surface area contributed by atoms with E-state index in [0.29, 0.717) is 13.2 Å². The molecule has 2 rings (SSSR count). The predicted molar refractivity (Wildman–Crippen MR) is 113 cm³/mol. The van der Waals surface area contributed by atoms with Gasteiger partial charge in [0.05, 0.1) is 18.1 Å². The zero-order valence-electron chi connectivity index (χ0n) is 16.1. The first-order chi connectivity index (χ1) is 13.7. The monoisotopic (exact) mass is 381 g/mol. The Kier molecular flexibility index (Phi) is 9.52. The van der Waals surface area contributed by atoms with Gasteiger partial charge in [-0.15, -0.1) is 6.58 Å². The highest BCUT2D eigenvalue weighted by Gasteiger charge is 2.06. The normalized spacial score (nSPS) is 11.2. The van der Waals surface area contributed by atoms with Crippen LogP contribution in [0.2, 0.25) is 0 Å². The van der Waals surface area contributed by atoms with Crippen molar-refractivity contribution < 1.29 is 14.4 Å². The summed E-state index contributed by atoms with van der Waals surface area (Å²) in [6.07, 6.45) is 7.87. The molecule has 0 radical (unpaired) electrons. The van der Waals surface area contributed by atoms with Crippen LogP contribution in [0.25, 0.3) is 11.8 Å². The molecule has 0 N–H and O–H groups in total. The fraction of sp³-hybridized carbons (Fsp3) is 0.304. The highest BCUT2D eigenvalue weighted by atomic mass is 16.6. The standard InChI is InChI=1S/C23H27NO4/c1-2-16-27-17-8-3-4-9-18-28-23(21-10-6-5-7-11-21)19-20-12-14-22(15-13-20)24(25)26/h2,5-7,10-15,19H,1,3-4,8-9,16-18H2. The van der Waals surface area contributed by atoms with Crippen LogP contribution in [0.5, 0.6) is 0 Å². The molecule has 0 bridgehead atoms. The molecule has 0 fully saturated rings.